The number of carbonyl (C=O) groups excluding carboxylic acids is 5. The number of nitro benzene ring substituents is 1. The van der Waals surface area contributed by atoms with Gasteiger partial charge in [0.15, 0.2) is 0 Å². The zero-order valence-corrected chi connectivity index (χ0v) is 30.1. The van der Waals surface area contributed by atoms with E-state index in [4.69, 9.17) is 19.9 Å². The van der Waals surface area contributed by atoms with Crippen molar-refractivity contribution in [2.45, 2.75) is 51.3 Å². The Morgan fingerprint density at radius 2 is 1.47 bits per heavy atom. The maximum absolute atomic E-state index is 13.6. The van der Waals surface area contributed by atoms with E-state index >= 15 is 0 Å². The third-order valence-electron chi connectivity index (χ3n) is 8.68. The quantitative estimate of drug-likeness (QED) is 0.0363. The van der Waals surface area contributed by atoms with E-state index in [1.165, 1.54) is 24.3 Å². The van der Waals surface area contributed by atoms with E-state index in [1.54, 1.807) is 38.1 Å². The van der Waals surface area contributed by atoms with Gasteiger partial charge >= 0.3 is 24.3 Å². The average molecular weight is 753 g/mol. The number of benzene rings is 4. The third kappa shape index (κ3) is 10.3. The standard InChI is InChI=1S/C39H40N6O10/c1-24(2)44(38(49)53-23-33-31-10-5-3-8-29(31)30-9-4-6-11-32(30)33)37(48)43-34(12-7-21-41-36(40)47)35(46)42-26-15-13-25(14-16-26)22-54-39(50)55-28-19-17-27(18-20-28)45(51)52/h3-6,8-11,13-20,24,33-34H,7,12,21-23H2,1-2H3,(H,42,46)(H,43,48)(H3,40,41,47)/t34-/m0/s1. The topological polar surface area (TPSA) is 222 Å². The average Bonchev–Trinajstić information content (AvgIpc) is 3.48. The summed E-state index contributed by atoms with van der Waals surface area (Å²) < 4.78 is 15.9. The summed E-state index contributed by atoms with van der Waals surface area (Å²) in [6, 6.07) is 23.6. The summed E-state index contributed by atoms with van der Waals surface area (Å²) in [6.07, 6.45) is -1.56. The number of hydrogen-bond acceptors (Lipinski definition) is 10. The summed E-state index contributed by atoms with van der Waals surface area (Å²) >= 11 is 0. The van der Waals surface area contributed by atoms with Crippen LogP contribution in [0.5, 0.6) is 5.75 Å². The molecule has 16 heteroatoms. The Bertz CT molecular complexity index is 1990. The second-order valence-electron chi connectivity index (χ2n) is 12.8. The molecule has 1 aliphatic rings. The number of amides is 6. The molecule has 55 heavy (non-hydrogen) atoms. The maximum Gasteiger partial charge on any atom is 0.514 e. The van der Waals surface area contributed by atoms with Crippen molar-refractivity contribution in [2.75, 3.05) is 18.5 Å². The molecule has 0 aliphatic heterocycles. The number of nitro groups is 1. The van der Waals surface area contributed by atoms with Crippen LogP contribution in [0.2, 0.25) is 0 Å². The van der Waals surface area contributed by atoms with E-state index in [9.17, 15) is 34.1 Å². The molecule has 0 spiro atoms. The number of ether oxygens (including phenoxy) is 3. The predicted molar refractivity (Wildman–Crippen MR) is 200 cm³/mol. The molecule has 0 saturated heterocycles. The first kappa shape index (κ1) is 39.2. The van der Waals surface area contributed by atoms with Crippen LogP contribution in [0.4, 0.5) is 30.6 Å². The van der Waals surface area contributed by atoms with Gasteiger partial charge < -0.3 is 35.9 Å². The van der Waals surface area contributed by atoms with Crippen LogP contribution < -0.4 is 26.4 Å². The summed E-state index contributed by atoms with van der Waals surface area (Å²) in [4.78, 5) is 75.0. The van der Waals surface area contributed by atoms with E-state index in [2.05, 4.69) is 16.0 Å². The fourth-order valence-electron chi connectivity index (χ4n) is 6.01. The molecular formula is C39H40N6O10. The fraction of sp³-hybridized carbons (Fsp3) is 0.256. The van der Waals surface area contributed by atoms with Crippen LogP contribution in [0, 0.1) is 10.1 Å². The van der Waals surface area contributed by atoms with Gasteiger partial charge in [-0.25, -0.2) is 24.1 Å². The lowest BCUT2D eigenvalue weighted by molar-refractivity contribution is -0.384. The highest BCUT2D eigenvalue weighted by Crippen LogP contribution is 2.44. The zero-order valence-electron chi connectivity index (χ0n) is 30.1. The molecule has 1 aliphatic carbocycles. The minimum absolute atomic E-state index is 0.00588. The largest absolute Gasteiger partial charge is 0.514 e. The first-order chi connectivity index (χ1) is 26.4. The molecule has 1 atom stereocenters. The van der Waals surface area contributed by atoms with Crippen molar-refractivity contribution < 1.29 is 43.1 Å². The number of fused-ring (bicyclic) bond motifs is 3. The number of imide groups is 1. The molecule has 0 heterocycles. The van der Waals surface area contributed by atoms with E-state index in [-0.39, 0.29) is 50.0 Å². The van der Waals surface area contributed by atoms with Gasteiger partial charge in [0.1, 0.15) is 25.0 Å². The minimum Gasteiger partial charge on any atom is -0.448 e. The number of primary amides is 1. The van der Waals surface area contributed by atoms with Crippen LogP contribution in [-0.4, -0.2) is 65.3 Å². The minimum atomic E-state index is -1.14. The van der Waals surface area contributed by atoms with Crippen LogP contribution in [0.15, 0.2) is 97.1 Å². The normalized spacial score (nSPS) is 12.1. The molecule has 0 radical (unpaired) electrons. The molecule has 5 N–H and O–H groups in total. The van der Waals surface area contributed by atoms with Crippen molar-refractivity contribution in [3.8, 4) is 16.9 Å². The van der Waals surface area contributed by atoms with E-state index in [1.807, 2.05) is 48.5 Å². The molecule has 0 unspecified atom stereocenters. The van der Waals surface area contributed by atoms with E-state index < -0.39 is 47.2 Å². The van der Waals surface area contributed by atoms with Crippen molar-refractivity contribution in [1.82, 2.24) is 15.5 Å². The summed E-state index contributed by atoms with van der Waals surface area (Å²) in [7, 11) is 0. The molecule has 0 saturated carbocycles. The smallest absolute Gasteiger partial charge is 0.448 e. The Morgan fingerprint density at radius 3 is 2.05 bits per heavy atom. The highest BCUT2D eigenvalue weighted by molar-refractivity contribution is 5.99. The van der Waals surface area contributed by atoms with Gasteiger partial charge in [0.2, 0.25) is 5.91 Å². The lowest BCUT2D eigenvalue weighted by Crippen LogP contribution is -2.53. The monoisotopic (exact) mass is 752 g/mol. The summed E-state index contributed by atoms with van der Waals surface area (Å²) in [5, 5.41) is 18.6. The number of nitrogens with zero attached hydrogens (tertiary/aromatic N) is 2. The second-order valence-corrected chi connectivity index (χ2v) is 12.8. The van der Waals surface area contributed by atoms with Gasteiger partial charge in [0, 0.05) is 36.3 Å². The Labute approximate surface area is 316 Å². The maximum atomic E-state index is 13.6. The SMILES string of the molecule is CC(C)N(C(=O)N[C@@H](CCCNC(N)=O)C(=O)Nc1ccc(COC(=O)Oc2ccc([N+](=O)[O-])cc2)cc1)C(=O)OCC1c2ccccc2-c2ccccc21. The van der Waals surface area contributed by atoms with Crippen molar-refractivity contribution in [1.29, 1.82) is 0 Å². The third-order valence-corrected chi connectivity index (χ3v) is 8.68. The molecule has 286 valence electrons. The van der Waals surface area contributed by atoms with Gasteiger partial charge in [-0.2, -0.15) is 0 Å². The number of nitrogens with one attached hydrogen (secondary N) is 3. The van der Waals surface area contributed by atoms with Crippen LogP contribution in [0.1, 0.15) is 49.3 Å². The number of hydrogen-bond donors (Lipinski definition) is 4. The Morgan fingerprint density at radius 1 is 0.855 bits per heavy atom. The van der Waals surface area contributed by atoms with Gasteiger partial charge in [0.05, 0.1) is 4.92 Å². The van der Waals surface area contributed by atoms with Crippen molar-refractivity contribution >= 4 is 41.6 Å². The lowest BCUT2D eigenvalue weighted by atomic mass is 9.98. The molecule has 5 rings (SSSR count). The molecular weight excluding hydrogens is 712 g/mol. The molecule has 16 nitrogen and oxygen atoms in total. The Balaban J connectivity index is 1.19. The Hall–Kier alpha value is -6.97. The van der Waals surface area contributed by atoms with Gasteiger partial charge in [0.25, 0.3) is 5.69 Å². The predicted octanol–water partition coefficient (Wildman–Crippen LogP) is 6.44. The number of carbonyl (C=O) groups is 5. The number of nitrogens with two attached hydrogens (primary N) is 1. The fourth-order valence-corrected chi connectivity index (χ4v) is 6.01. The molecule has 0 fully saturated rings. The van der Waals surface area contributed by atoms with Gasteiger partial charge in [-0.1, -0.05) is 60.7 Å². The van der Waals surface area contributed by atoms with Crippen LogP contribution in [-0.2, 0) is 20.9 Å². The lowest BCUT2D eigenvalue weighted by Gasteiger charge is -2.27. The second kappa shape index (κ2) is 18.2. The molecule has 0 bridgehead atoms. The van der Waals surface area contributed by atoms with Crippen molar-refractivity contribution in [3.05, 3.63) is 124 Å². The first-order valence-electron chi connectivity index (χ1n) is 17.4. The summed E-state index contributed by atoms with van der Waals surface area (Å²) in [5.41, 5.74) is 10.1. The van der Waals surface area contributed by atoms with Crippen molar-refractivity contribution in [3.63, 3.8) is 0 Å². The number of anilines is 1. The number of non-ortho nitro benzene ring substituents is 1. The molecule has 4 aromatic carbocycles. The van der Waals surface area contributed by atoms with E-state index in [0.717, 1.165) is 27.2 Å². The summed E-state index contributed by atoms with van der Waals surface area (Å²) in [6.45, 7) is 3.25. The molecule has 6 amide bonds. The highest BCUT2D eigenvalue weighted by atomic mass is 16.7. The highest BCUT2D eigenvalue weighted by Gasteiger charge is 2.33. The van der Waals surface area contributed by atoms with Crippen LogP contribution in [0.25, 0.3) is 11.1 Å². The van der Waals surface area contributed by atoms with Gasteiger partial charge in [-0.3, -0.25) is 14.9 Å². The molecule has 4 aromatic rings. The Kier molecular flexibility index (Phi) is 13.0. The van der Waals surface area contributed by atoms with Crippen LogP contribution >= 0.6 is 0 Å². The van der Waals surface area contributed by atoms with Gasteiger partial charge in [-0.15, -0.1) is 0 Å². The number of rotatable bonds is 14. The zero-order chi connectivity index (χ0) is 39.5. The van der Waals surface area contributed by atoms with E-state index in [0.29, 0.717) is 11.3 Å². The van der Waals surface area contributed by atoms with Gasteiger partial charge in [-0.05, 0) is 78.8 Å². The number of urea groups is 2. The first-order valence-corrected chi connectivity index (χ1v) is 17.4. The van der Waals surface area contributed by atoms with Crippen molar-refractivity contribution in [2.24, 2.45) is 5.73 Å². The summed E-state index contributed by atoms with van der Waals surface area (Å²) in [5.74, 6) is -0.756. The van der Waals surface area contributed by atoms with Crippen LogP contribution in [0.3, 0.4) is 0 Å². The molecule has 0 aromatic heterocycles.